The maximum Gasteiger partial charge on any atom is 0.0670 e. The summed E-state index contributed by atoms with van der Waals surface area (Å²) in [5.41, 5.74) is 5.54. The summed E-state index contributed by atoms with van der Waals surface area (Å²) in [5, 5.41) is 0. The Morgan fingerprint density at radius 3 is 2.32 bits per heavy atom. The highest BCUT2D eigenvalue weighted by Crippen LogP contribution is 2.33. The van der Waals surface area contributed by atoms with Crippen LogP contribution >= 0.6 is 0 Å². The number of benzene rings is 2. The van der Waals surface area contributed by atoms with Crippen LogP contribution in [0.1, 0.15) is 49.9 Å². The van der Waals surface area contributed by atoms with E-state index < -0.39 is 0 Å². The second kappa shape index (κ2) is 9.62. The van der Waals surface area contributed by atoms with Crippen LogP contribution in [0.4, 0.5) is 5.69 Å². The number of piperazine rings is 1. The van der Waals surface area contributed by atoms with Crippen LogP contribution < -0.4 is 4.90 Å². The maximum atomic E-state index is 2.61. The molecule has 2 aromatic rings. The van der Waals surface area contributed by atoms with Crippen LogP contribution in [0, 0.1) is 13.8 Å². The van der Waals surface area contributed by atoms with Gasteiger partial charge < -0.3 is 4.90 Å². The Labute approximate surface area is 154 Å². The van der Waals surface area contributed by atoms with Gasteiger partial charge in [0.15, 0.2) is 0 Å². The maximum absolute atomic E-state index is 2.61. The smallest absolute Gasteiger partial charge is 0.0670 e. The molecule has 2 nitrogen and oxygen atoms in total. The lowest BCUT2D eigenvalue weighted by Gasteiger charge is -2.43. The predicted molar refractivity (Wildman–Crippen MR) is 111 cm³/mol. The molecule has 0 bridgehead atoms. The van der Waals surface area contributed by atoms with E-state index in [-0.39, 0.29) is 0 Å². The molecule has 1 heterocycles. The van der Waals surface area contributed by atoms with E-state index in [1.165, 1.54) is 35.3 Å². The summed E-state index contributed by atoms with van der Waals surface area (Å²) in [6, 6.07) is 18.3. The molecule has 0 radical (unpaired) electrons. The lowest BCUT2D eigenvalue weighted by atomic mass is 9.99. The topological polar surface area (TPSA) is 6.48 Å². The van der Waals surface area contributed by atoms with E-state index >= 15 is 0 Å². The molecule has 3 rings (SSSR count). The van der Waals surface area contributed by atoms with Gasteiger partial charge in [0.2, 0.25) is 0 Å². The molecule has 0 amide bonds. The van der Waals surface area contributed by atoms with Gasteiger partial charge in [0.1, 0.15) is 0 Å². The number of hydrogen-bond acceptors (Lipinski definition) is 2. The molecule has 0 spiro atoms. The van der Waals surface area contributed by atoms with Gasteiger partial charge in [0, 0.05) is 25.3 Å². The van der Waals surface area contributed by atoms with Crippen LogP contribution in [-0.2, 0) is 0 Å². The highest BCUT2D eigenvalue weighted by atomic mass is 15.3. The van der Waals surface area contributed by atoms with E-state index in [0.29, 0.717) is 6.04 Å². The molecule has 1 aliphatic rings. The Morgan fingerprint density at radius 2 is 1.68 bits per heavy atom. The van der Waals surface area contributed by atoms with Gasteiger partial charge in [-0.3, -0.25) is 4.90 Å². The molecule has 1 saturated heterocycles. The van der Waals surface area contributed by atoms with E-state index in [0.717, 1.165) is 19.6 Å². The molecule has 2 heteroatoms. The van der Waals surface area contributed by atoms with Crippen molar-refractivity contribution in [2.75, 3.05) is 31.1 Å². The van der Waals surface area contributed by atoms with Gasteiger partial charge in [-0.25, -0.2) is 0 Å². The van der Waals surface area contributed by atoms with Crippen LogP contribution in [0.25, 0.3) is 0 Å². The highest BCUT2D eigenvalue weighted by molar-refractivity contribution is 5.56. The van der Waals surface area contributed by atoms with Crippen LogP contribution in [0.5, 0.6) is 0 Å². The lowest BCUT2D eigenvalue weighted by Crippen LogP contribution is -2.48. The van der Waals surface area contributed by atoms with Crippen LogP contribution in [0.3, 0.4) is 0 Å². The Kier molecular flexibility index (Phi) is 7.52. The average molecular weight is 339 g/mol. The minimum atomic E-state index is 0.443. The second-order valence-corrected chi connectivity index (χ2v) is 6.71. The molecule has 25 heavy (non-hydrogen) atoms. The summed E-state index contributed by atoms with van der Waals surface area (Å²) in [7, 11) is 0. The largest absolute Gasteiger partial charge is 0.362 e. The lowest BCUT2D eigenvalue weighted by molar-refractivity contribution is 0.224. The van der Waals surface area contributed by atoms with Crippen LogP contribution in [-0.4, -0.2) is 31.1 Å². The van der Waals surface area contributed by atoms with Gasteiger partial charge in [-0.1, -0.05) is 68.8 Å². The van der Waals surface area contributed by atoms with Gasteiger partial charge in [0.05, 0.1) is 6.04 Å². The Balaban J connectivity index is 0.00000109. The van der Waals surface area contributed by atoms with Crippen molar-refractivity contribution in [3.8, 4) is 0 Å². The molecule has 0 aromatic heterocycles. The fraction of sp³-hybridized carbons (Fsp3) is 0.478. The number of nitrogens with zero attached hydrogens (tertiary/aromatic N) is 2. The van der Waals surface area contributed by atoms with Crippen molar-refractivity contribution in [1.29, 1.82) is 0 Å². The number of rotatable bonds is 4. The average Bonchev–Trinajstić information content (AvgIpc) is 2.65. The molecule has 136 valence electrons. The molecule has 1 atom stereocenters. The molecule has 1 aliphatic heterocycles. The zero-order valence-corrected chi connectivity index (χ0v) is 16.6. The molecule has 1 fully saturated rings. The number of hydrogen-bond donors (Lipinski definition) is 0. The van der Waals surface area contributed by atoms with Gasteiger partial charge >= 0.3 is 0 Å². The summed E-state index contributed by atoms with van der Waals surface area (Å²) >= 11 is 0. The fourth-order valence-electron chi connectivity index (χ4n) is 3.74. The molecular weight excluding hydrogens is 304 g/mol. The van der Waals surface area contributed by atoms with E-state index in [1.807, 2.05) is 13.8 Å². The third-order valence-corrected chi connectivity index (χ3v) is 4.85. The molecule has 1 unspecified atom stereocenters. The normalized spacial score (nSPS) is 17.8. The quantitative estimate of drug-likeness (QED) is 0.715. The van der Waals surface area contributed by atoms with Crippen molar-refractivity contribution in [3.63, 3.8) is 0 Å². The summed E-state index contributed by atoms with van der Waals surface area (Å²) < 4.78 is 0. The summed E-state index contributed by atoms with van der Waals surface area (Å²) in [6.07, 6.45) is 1.23. The SMILES string of the molecule is CC.CCCN1CCN(c2ccc(C)cc2C)C(c2ccccc2)C1. The summed E-state index contributed by atoms with van der Waals surface area (Å²) in [4.78, 5) is 5.22. The van der Waals surface area contributed by atoms with Crippen LogP contribution in [0.15, 0.2) is 48.5 Å². The highest BCUT2D eigenvalue weighted by Gasteiger charge is 2.28. The standard InChI is InChI=1S/C21H28N2.C2H6/c1-4-12-22-13-14-23(20-11-10-17(2)15-18(20)3)21(16-22)19-8-6-5-7-9-19;1-2/h5-11,15,21H,4,12-14,16H2,1-3H3;1-2H3. The van der Waals surface area contributed by atoms with Crippen molar-refractivity contribution in [1.82, 2.24) is 4.90 Å². The van der Waals surface area contributed by atoms with Gasteiger partial charge in [-0.2, -0.15) is 0 Å². The zero-order valence-electron chi connectivity index (χ0n) is 16.6. The number of aryl methyl sites for hydroxylation is 2. The predicted octanol–water partition coefficient (Wildman–Crippen LogP) is 5.60. The van der Waals surface area contributed by atoms with Gasteiger partial charge in [-0.05, 0) is 44.0 Å². The molecule has 2 aromatic carbocycles. The van der Waals surface area contributed by atoms with Crippen molar-refractivity contribution >= 4 is 5.69 Å². The van der Waals surface area contributed by atoms with Crippen molar-refractivity contribution < 1.29 is 0 Å². The first-order valence-electron chi connectivity index (χ1n) is 9.80. The molecular formula is C23H34N2. The van der Waals surface area contributed by atoms with E-state index in [2.05, 4.69) is 79.1 Å². The van der Waals surface area contributed by atoms with Crippen LogP contribution in [0.2, 0.25) is 0 Å². The summed E-state index contributed by atoms with van der Waals surface area (Å²) in [6.45, 7) is 15.3. The summed E-state index contributed by atoms with van der Waals surface area (Å²) in [5.74, 6) is 0. The minimum Gasteiger partial charge on any atom is -0.362 e. The first-order valence-corrected chi connectivity index (χ1v) is 9.80. The first-order chi connectivity index (χ1) is 12.2. The second-order valence-electron chi connectivity index (χ2n) is 6.71. The molecule has 0 saturated carbocycles. The first kappa shape index (κ1) is 19.5. The van der Waals surface area contributed by atoms with E-state index in [4.69, 9.17) is 0 Å². The molecule has 0 N–H and O–H groups in total. The third kappa shape index (κ3) is 4.85. The zero-order chi connectivity index (χ0) is 18.2. The van der Waals surface area contributed by atoms with Gasteiger partial charge in [0.25, 0.3) is 0 Å². The Bertz CT molecular complexity index is 636. The fourth-order valence-corrected chi connectivity index (χ4v) is 3.74. The Morgan fingerprint density at radius 1 is 0.960 bits per heavy atom. The van der Waals surface area contributed by atoms with E-state index in [1.54, 1.807) is 0 Å². The molecule has 0 aliphatic carbocycles. The number of anilines is 1. The third-order valence-electron chi connectivity index (χ3n) is 4.85. The van der Waals surface area contributed by atoms with Crippen molar-refractivity contribution in [3.05, 3.63) is 65.2 Å². The van der Waals surface area contributed by atoms with Gasteiger partial charge in [-0.15, -0.1) is 0 Å². The Hall–Kier alpha value is -1.80. The minimum absolute atomic E-state index is 0.443. The van der Waals surface area contributed by atoms with Crippen molar-refractivity contribution in [2.45, 2.75) is 47.1 Å². The monoisotopic (exact) mass is 338 g/mol. The van der Waals surface area contributed by atoms with Crippen molar-refractivity contribution in [2.24, 2.45) is 0 Å². The van der Waals surface area contributed by atoms with E-state index in [9.17, 15) is 0 Å².